The lowest BCUT2D eigenvalue weighted by molar-refractivity contribution is -0.121. The van der Waals surface area contributed by atoms with Crippen LogP contribution in [0.2, 0.25) is 5.02 Å². The molecule has 0 aromatic heterocycles. The molecule has 0 bridgehead atoms. The molecular weight excluding hydrogens is 456 g/mol. The highest BCUT2D eigenvalue weighted by Gasteiger charge is 2.40. The maximum Gasteiger partial charge on any atom is 0.261 e. The maximum absolute atomic E-state index is 12.8. The number of nitrogens with one attached hydrogen (secondary N) is 1. The zero-order valence-electron chi connectivity index (χ0n) is 16.1. The van der Waals surface area contributed by atoms with Crippen molar-refractivity contribution < 1.29 is 18.0 Å². The molecule has 9 heteroatoms. The molecular formula is C22H17ClN2O4S2. The Morgan fingerprint density at radius 1 is 0.935 bits per heavy atom. The van der Waals surface area contributed by atoms with Gasteiger partial charge in [-0.3, -0.25) is 14.3 Å². The summed E-state index contributed by atoms with van der Waals surface area (Å²) in [6.45, 7) is 0. The van der Waals surface area contributed by atoms with Crippen LogP contribution in [0.25, 0.3) is 0 Å². The minimum Gasteiger partial charge on any atom is -0.280 e. The summed E-state index contributed by atoms with van der Waals surface area (Å²) < 4.78 is 27.4. The van der Waals surface area contributed by atoms with Gasteiger partial charge >= 0.3 is 0 Å². The molecule has 158 valence electrons. The van der Waals surface area contributed by atoms with Crippen LogP contribution in [-0.2, 0) is 19.6 Å². The van der Waals surface area contributed by atoms with Crippen molar-refractivity contribution in [2.75, 3.05) is 9.62 Å². The first-order valence-corrected chi connectivity index (χ1v) is 12.0. The predicted octanol–water partition coefficient (Wildman–Crippen LogP) is 4.57. The smallest absolute Gasteiger partial charge is 0.261 e. The quantitative estimate of drug-likeness (QED) is 0.531. The van der Waals surface area contributed by atoms with Crippen LogP contribution in [0, 0.1) is 0 Å². The summed E-state index contributed by atoms with van der Waals surface area (Å²) in [6, 6.07) is 21.4. The number of amides is 2. The number of sulfonamides is 1. The minimum atomic E-state index is -3.68. The largest absolute Gasteiger partial charge is 0.280 e. The number of carbonyl (C=O) groups is 2. The van der Waals surface area contributed by atoms with Crippen LogP contribution >= 0.6 is 23.4 Å². The van der Waals surface area contributed by atoms with Crippen LogP contribution in [0.4, 0.5) is 11.4 Å². The Labute approximate surface area is 189 Å². The number of rotatable bonds is 6. The van der Waals surface area contributed by atoms with Gasteiger partial charge in [-0.05, 0) is 54.6 Å². The van der Waals surface area contributed by atoms with Gasteiger partial charge in [0.2, 0.25) is 11.8 Å². The van der Waals surface area contributed by atoms with E-state index in [1.807, 2.05) is 0 Å². The molecule has 1 heterocycles. The van der Waals surface area contributed by atoms with E-state index >= 15 is 0 Å². The topological polar surface area (TPSA) is 83.5 Å². The maximum atomic E-state index is 12.8. The molecule has 1 saturated heterocycles. The highest BCUT2D eigenvalue weighted by atomic mass is 35.5. The Kier molecular flexibility index (Phi) is 6.04. The fourth-order valence-corrected chi connectivity index (χ4v) is 5.48. The number of benzene rings is 3. The number of halogens is 1. The van der Waals surface area contributed by atoms with Crippen LogP contribution in [-0.4, -0.2) is 25.5 Å². The van der Waals surface area contributed by atoms with Crippen molar-refractivity contribution in [1.82, 2.24) is 0 Å². The third kappa shape index (κ3) is 4.76. The Hall–Kier alpha value is -2.81. The van der Waals surface area contributed by atoms with Gasteiger partial charge in [0.15, 0.2) is 0 Å². The lowest BCUT2D eigenvalue weighted by atomic mass is 10.3. The molecule has 2 amide bonds. The monoisotopic (exact) mass is 472 g/mol. The lowest BCUT2D eigenvalue weighted by Gasteiger charge is -2.15. The molecule has 3 aromatic carbocycles. The zero-order valence-corrected chi connectivity index (χ0v) is 18.5. The number of nitrogens with zero attached hydrogens (tertiary/aromatic N) is 1. The fraction of sp³-hybridized carbons (Fsp3) is 0.0909. The molecule has 4 rings (SSSR count). The van der Waals surface area contributed by atoms with E-state index in [1.54, 1.807) is 66.7 Å². The standard InChI is InChI=1S/C22H17ClN2O4S2/c23-15-5-4-6-17(13-15)25-21(26)14-20(22(25)27)30-18-11-9-16(10-12-18)24-31(28,29)19-7-2-1-3-8-19/h1-13,20,24H,14H2/t20-/m0/s1. The molecule has 0 aliphatic carbocycles. The van der Waals surface area contributed by atoms with Crippen LogP contribution < -0.4 is 9.62 Å². The number of thioether (sulfide) groups is 1. The summed E-state index contributed by atoms with van der Waals surface area (Å²) in [7, 11) is -3.68. The molecule has 0 unspecified atom stereocenters. The highest BCUT2D eigenvalue weighted by Crippen LogP contribution is 2.35. The van der Waals surface area contributed by atoms with Gasteiger partial charge in [0.25, 0.3) is 10.0 Å². The average Bonchev–Trinajstić information content (AvgIpc) is 3.03. The molecule has 0 saturated carbocycles. The van der Waals surface area contributed by atoms with Crippen molar-refractivity contribution in [3.8, 4) is 0 Å². The number of hydrogen-bond donors (Lipinski definition) is 1. The van der Waals surface area contributed by atoms with Crippen LogP contribution in [0.3, 0.4) is 0 Å². The third-order valence-corrected chi connectivity index (χ3v) is 7.44. The summed E-state index contributed by atoms with van der Waals surface area (Å²) in [6.07, 6.45) is 0.0817. The Bertz CT molecular complexity index is 1230. The van der Waals surface area contributed by atoms with Crippen LogP contribution in [0.5, 0.6) is 0 Å². The molecule has 6 nitrogen and oxygen atoms in total. The molecule has 0 radical (unpaired) electrons. The molecule has 31 heavy (non-hydrogen) atoms. The van der Waals surface area contributed by atoms with E-state index in [9.17, 15) is 18.0 Å². The predicted molar refractivity (Wildman–Crippen MR) is 122 cm³/mol. The average molecular weight is 473 g/mol. The van der Waals surface area contributed by atoms with Gasteiger partial charge < -0.3 is 0 Å². The summed E-state index contributed by atoms with van der Waals surface area (Å²) in [5, 5.41) is -0.110. The highest BCUT2D eigenvalue weighted by molar-refractivity contribution is 8.00. The fourth-order valence-electron chi connectivity index (χ4n) is 3.16. The normalized spacial score (nSPS) is 16.5. The van der Waals surface area contributed by atoms with Gasteiger partial charge in [-0.25, -0.2) is 13.3 Å². The van der Waals surface area contributed by atoms with Gasteiger partial charge in [0.1, 0.15) is 0 Å². The van der Waals surface area contributed by atoms with E-state index in [1.165, 1.54) is 23.9 Å². The van der Waals surface area contributed by atoms with Crippen molar-refractivity contribution in [2.45, 2.75) is 21.5 Å². The first kappa shape index (κ1) is 21.4. The van der Waals surface area contributed by atoms with E-state index in [2.05, 4.69) is 4.72 Å². The van der Waals surface area contributed by atoms with E-state index in [-0.39, 0.29) is 23.1 Å². The zero-order chi connectivity index (χ0) is 22.0. The summed E-state index contributed by atoms with van der Waals surface area (Å²) in [5.41, 5.74) is 0.860. The molecule has 1 aliphatic heterocycles. The van der Waals surface area contributed by atoms with Gasteiger partial charge in [0, 0.05) is 22.0 Å². The van der Waals surface area contributed by atoms with Gasteiger partial charge in [0.05, 0.1) is 15.8 Å². The second-order valence-electron chi connectivity index (χ2n) is 6.80. The number of hydrogen-bond acceptors (Lipinski definition) is 5. The second kappa shape index (κ2) is 8.74. The summed E-state index contributed by atoms with van der Waals surface area (Å²) >= 11 is 7.25. The second-order valence-corrected chi connectivity index (χ2v) is 10.2. The lowest BCUT2D eigenvalue weighted by Crippen LogP contribution is -2.31. The minimum absolute atomic E-state index is 0.0817. The Morgan fingerprint density at radius 2 is 1.65 bits per heavy atom. The van der Waals surface area contributed by atoms with E-state index in [4.69, 9.17) is 11.6 Å². The summed E-state index contributed by atoms with van der Waals surface area (Å²) in [4.78, 5) is 27.3. The molecule has 0 spiro atoms. The van der Waals surface area contributed by atoms with E-state index < -0.39 is 15.3 Å². The molecule has 1 atom stereocenters. The molecule has 1 fully saturated rings. The van der Waals surface area contributed by atoms with Gasteiger partial charge in [-0.1, -0.05) is 35.9 Å². The third-order valence-electron chi connectivity index (χ3n) is 4.61. The number of carbonyl (C=O) groups excluding carboxylic acids is 2. The first-order valence-electron chi connectivity index (χ1n) is 9.30. The van der Waals surface area contributed by atoms with Crippen molar-refractivity contribution in [1.29, 1.82) is 0 Å². The molecule has 3 aromatic rings. The van der Waals surface area contributed by atoms with Crippen molar-refractivity contribution in [3.63, 3.8) is 0 Å². The SMILES string of the molecule is O=C1C[C@H](Sc2ccc(NS(=O)(=O)c3ccccc3)cc2)C(=O)N1c1cccc(Cl)c1. The van der Waals surface area contributed by atoms with Crippen molar-refractivity contribution in [2.24, 2.45) is 0 Å². The molecule has 1 N–H and O–H groups in total. The van der Waals surface area contributed by atoms with Gasteiger partial charge in [-0.15, -0.1) is 11.8 Å². The Morgan fingerprint density at radius 3 is 2.32 bits per heavy atom. The number of imide groups is 1. The van der Waals surface area contributed by atoms with Crippen LogP contribution in [0.1, 0.15) is 6.42 Å². The van der Waals surface area contributed by atoms with Gasteiger partial charge in [-0.2, -0.15) is 0 Å². The Balaban J connectivity index is 1.45. The summed E-state index contributed by atoms with van der Waals surface area (Å²) in [5.74, 6) is -0.580. The van der Waals surface area contributed by atoms with Crippen molar-refractivity contribution >= 4 is 56.6 Å². The van der Waals surface area contributed by atoms with E-state index in [0.29, 0.717) is 16.4 Å². The van der Waals surface area contributed by atoms with E-state index in [0.717, 1.165) is 9.80 Å². The number of anilines is 2. The molecule has 1 aliphatic rings. The first-order chi connectivity index (χ1) is 14.8. The van der Waals surface area contributed by atoms with Crippen LogP contribution in [0.15, 0.2) is 88.7 Å². The van der Waals surface area contributed by atoms with Crippen molar-refractivity contribution in [3.05, 3.63) is 83.9 Å².